The molecule has 2 aromatic carbocycles. The topological polar surface area (TPSA) is 17.1 Å². The first-order valence-corrected chi connectivity index (χ1v) is 7.09. The third-order valence-electron chi connectivity index (χ3n) is 2.76. The molecule has 0 amide bonds. The van der Waals surface area contributed by atoms with Crippen molar-refractivity contribution >= 4 is 17.8 Å². The molecule has 0 saturated carbocycles. The molecule has 0 aromatic heterocycles. The minimum atomic E-state index is -2.91. The van der Waals surface area contributed by atoms with Crippen molar-refractivity contribution in [2.75, 3.05) is 0 Å². The Morgan fingerprint density at radius 3 is 2.18 bits per heavy atom. The maximum Gasteiger partial charge on any atom is 0.210 e. The third-order valence-corrected chi connectivity index (χ3v) is 5.33. The van der Waals surface area contributed by atoms with E-state index < -0.39 is 7.14 Å². The van der Waals surface area contributed by atoms with Gasteiger partial charge in [-0.2, -0.15) is 0 Å². The molecule has 0 heterocycles. The van der Waals surface area contributed by atoms with E-state index in [-0.39, 0.29) is 0 Å². The summed E-state index contributed by atoms with van der Waals surface area (Å²) in [4.78, 5) is 0. The second-order valence-electron chi connectivity index (χ2n) is 3.86. The van der Waals surface area contributed by atoms with Crippen molar-refractivity contribution in [2.45, 2.75) is 6.92 Å². The molecule has 1 nitrogen and oxygen atoms in total. The quantitative estimate of drug-likeness (QED) is 0.582. The van der Waals surface area contributed by atoms with Crippen LogP contribution in [0.25, 0.3) is 0 Å². The third kappa shape index (κ3) is 2.05. The van der Waals surface area contributed by atoms with Crippen LogP contribution in [0.5, 0.6) is 0 Å². The van der Waals surface area contributed by atoms with E-state index in [1.807, 2.05) is 61.5 Å². The summed E-state index contributed by atoms with van der Waals surface area (Å²) in [6.45, 7) is 1.93. The number of rotatable bonds is 2. The van der Waals surface area contributed by atoms with Gasteiger partial charge in [-0.05, 0) is 24.2 Å². The van der Waals surface area contributed by atoms with E-state index in [1.54, 1.807) is 0 Å². The number of aryl methyl sites for hydroxylation is 1. The number of benzene rings is 2. The monoisotopic (exact) mass is 240 g/mol. The van der Waals surface area contributed by atoms with Crippen LogP contribution in [-0.2, 0) is 4.57 Å². The van der Waals surface area contributed by atoms with Gasteiger partial charge in [0.15, 0.2) is 0 Å². The summed E-state index contributed by atoms with van der Waals surface area (Å²) in [5.41, 5.74) is 3.48. The Hall–Kier alpha value is -1.77. The van der Waals surface area contributed by atoms with E-state index in [0.29, 0.717) is 0 Å². The fraction of sp³-hybridized carbons (Fsp3) is 0.0667. The molecule has 0 spiro atoms. The molecule has 0 bridgehead atoms. The van der Waals surface area contributed by atoms with Crippen LogP contribution in [0.2, 0.25) is 0 Å². The fourth-order valence-electron chi connectivity index (χ4n) is 1.84. The van der Waals surface area contributed by atoms with Crippen LogP contribution >= 0.6 is 7.14 Å². The van der Waals surface area contributed by atoms with Crippen molar-refractivity contribution in [2.24, 2.45) is 0 Å². The van der Waals surface area contributed by atoms with Crippen molar-refractivity contribution in [1.29, 1.82) is 0 Å². The molecule has 2 heteroatoms. The van der Waals surface area contributed by atoms with E-state index in [1.165, 1.54) is 0 Å². The minimum absolute atomic E-state index is 0.719. The Labute approximate surface area is 102 Å². The Morgan fingerprint density at radius 2 is 1.59 bits per heavy atom. The molecular weight excluding hydrogens is 227 g/mol. The standard InChI is InChI=1S/C15H13OP/c1-3-17(16,14-10-5-4-6-11-14)15-12-8-7-9-13(15)2/h1,4-12H,2H3/t17-/m0/s1. The van der Waals surface area contributed by atoms with E-state index in [0.717, 1.165) is 16.2 Å². The molecule has 0 aliphatic rings. The number of hydrogen-bond acceptors (Lipinski definition) is 1. The molecular formula is C15H13OP. The summed E-state index contributed by atoms with van der Waals surface area (Å²) in [7, 11) is -2.91. The zero-order valence-electron chi connectivity index (χ0n) is 9.63. The van der Waals surface area contributed by atoms with Crippen LogP contribution in [0.3, 0.4) is 0 Å². The Kier molecular flexibility index (Phi) is 3.18. The first-order chi connectivity index (χ1) is 8.18. The molecule has 17 heavy (non-hydrogen) atoms. The summed E-state index contributed by atoms with van der Waals surface area (Å²) < 4.78 is 13.0. The van der Waals surface area contributed by atoms with E-state index in [9.17, 15) is 4.57 Å². The van der Waals surface area contributed by atoms with Crippen LogP contribution < -0.4 is 10.6 Å². The second-order valence-corrected chi connectivity index (χ2v) is 6.34. The van der Waals surface area contributed by atoms with Crippen molar-refractivity contribution < 1.29 is 4.57 Å². The summed E-state index contributed by atoms with van der Waals surface area (Å²) >= 11 is 0. The highest BCUT2D eigenvalue weighted by Crippen LogP contribution is 2.42. The van der Waals surface area contributed by atoms with E-state index >= 15 is 0 Å². The molecule has 2 rings (SSSR count). The van der Waals surface area contributed by atoms with Gasteiger partial charge in [0.2, 0.25) is 7.14 Å². The van der Waals surface area contributed by atoms with Crippen LogP contribution in [0.1, 0.15) is 5.56 Å². The average molecular weight is 240 g/mol. The molecule has 0 saturated heterocycles. The molecule has 0 N–H and O–H groups in total. The Bertz CT molecular complexity index is 608. The smallest absolute Gasteiger partial charge is 0.210 e. The molecule has 0 fully saturated rings. The van der Waals surface area contributed by atoms with Gasteiger partial charge in [0.1, 0.15) is 0 Å². The van der Waals surface area contributed by atoms with Crippen LogP contribution in [0.15, 0.2) is 54.6 Å². The van der Waals surface area contributed by atoms with E-state index in [4.69, 9.17) is 6.42 Å². The van der Waals surface area contributed by atoms with Crippen LogP contribution in [-0.4, -0.2) is 0 Å². The van der Waals surface area contributed by atoms with Crippen LogP contribution in [0.4, 0.5) is 0 Å². The Balaban J connectivity index is 2.67. The maximum atomic E-state index is 13.0. The van der Waals surface area contributed by atoms with Crippen LogP contribution in [0, 0.1) is 19.0 Å². The van der Waals surface area contributed by atoms with Gasteiger partial charge in [0.25, 0.3) is 0 Å². The second kappa shape index (κ2) is 4.62. The first kappa shape index (κ1) is 11.7. The summed E-state index contributed by atoms with van der Waals surface area (Å²) in [6, 6.07) is 16.8. The largest absolute Gasteiger partial charge is 0.300 e. The van der Waals surface area contributed by atoms with Gasteiger partial charge in [-0.3, -0.25) is 4.57 Å². The molecule has 0 unspecified atom stereocenters. The molecule has 2 aromatic rings. The molecule has 1 atom stereocenters. The minimum Gasteiger partial charge on any atom is -0.300 e. The zero-order chi connectivity index (χ0) is 12.3. The average Bonchev–Trinajstić information content (AvgIpc) is 2.39. The van der Waals surface area contributed by atoms with E-state index in [2.05, 4.69) is 5.66 Å². The van der Waals surface area contributed by atoms with Crippen molar-refractivity contribution in [3.8, 4) is 12.1 Å². The van der Waals surface area contributed by atoms with Crippen molar-refractivity contribution in [3.05, 3.63) is 60.2 Å². The molecule has 0 aliphatic carbocycles. The SMILES string of the molecule is C#C[P@](=O)(c1ccccc1)c1ccccc1C. The molecule has 84 valence electrons. The highest BCUT2D eigenvalue weighted by molar-refractivity contribution is 7.83. The van der Waals surface area contributed by atoms with Crippen molar-refractivity contribution in [1.82, 2.24) is 0 Å². The van der Waals surface area contributed by atoms with Gasteiger partial charge in [0, 0.05) is 10.6 Å². The number of terminal acetylenes is 1. The predicted molar refractivity (Wildman–Crippen MR) is 73.3 cm³/mol. The maximum absolute atomic E-state index is 13.0. The molecule has 0 aliphatic heterocycles. The van der Waals surface area contributed by atoms with Gasteiger partial charge in [-0.25, -0.2) is 0 Å². The predicted octanol–water partition coefficient (Wildman–Crippen LogP) is 2.90. The van der Waals surface area contributed by atoms with Gasteiger partial charge in [-0.15, -0.1) is 6.42 Å². The van der Waals surface area contributed by atoms with Gasteiger partial charge >= 0.3 is 0 Å². The first-order valence-electron chi connectivity index (χ1n) is 5.38. The lowest BCUT2D eigenvalue weighted by Crippen LogP contribution is -2.16. The lowest BCUT2D eigenvalue weighted by molar-refractivity contribution is 0.593. The summed E-state index contributed by atoms with van der Waals surface area (Å²) in [6.07, 6.45) is 5.53. The summed E-state index contributed by atoms with van der Waals surface area (Å²) in [5.74, 6) is 0. The number of hydrogen-bond donors (Lipinski definition) is 0. The summed E-state index contributed by atoms with van der Waals surface area (Å²) in [5, 5.41) is 1.48. The molecule has 0 radical (unpaired) electrons. The van der Waals surface area contributed by atoms with Gasteiger partial charge < -0.3 is 0 Å². The normalized spacial score (nSPS) is 13.6. The lowest BCUT2D eigenvalue weighted by atomic mass is 10.2. The zero-order valence-corrected chi connectivity index (χ0v) is 10.5. The van der Waals surface area contributed by atoms with Gasteiger partial charge in [0.05, 0.1) is 0 Å². The fourth-order valence-corrected chi connectivity index (χ4v) is 3.86. The van der Waals surface area contributed by atoms with Crippen molar-refractivity contribution in [3.63, 3.8) is 0 Å². The van der Waals surface area contributed by atoms with Gasteiger partial charge in [-0.1, -0.05) is 48.5 Å². The Morgan fingerprint density at radius 1 is 1.00 bits per heavy atom. The lowest BCUT2D eigenvalue weighted by Gasteiger charge is -2.14. The highest BCUT2D eigenvalue weighted by atomic mass is 31.2. The highest BCUT2D eigenvalue weighted by Gasteiger charge is 2.25.